The van der Waals surface area contributed by atoms with Crippen molar-refractivity contribution in [3.05, 3.63) is 40.6 Å². The van der Waals surface area contributed by atoms with Gasteiger partial charge in [-0.25, -0.2) is 0 Å². The standard InChI is InChI=1S/C26H37N3O2/c1-4-27-14-16-28(17-15-27)24-23(22-13-12-19(2)18-20(22)3)25(30)29(26(24)31)21-10-8-6-5-7-9-11-21/h12-13,18,21H,4-11,14-17H2,1-3H3. The molecule has 2 amide bonds. The van der Waals surface area contributed by atoms with Crippen LogP contribution in [0.25, 0.3) is 5.57 Å². The predicted molar refractivity (Wildman–Crippen MR) is 124 cm³/mol. The monoisotopic (exact) mass is 423 g/mol. The molecule has 0 bridgehead atoms. The Labute approximate surface area is 187 Å². The lowest BCUT2D eigenvalue weighted by Gasteiger charge is -2.36. The van der Waals surface area contributed by atoms with E-state index < -0.39 is 0 Å². The van der Waals surface area contributed by atoms with Crippen LogP contribution in [-0.2, 0) is 9.59 Å². The summed E-state index contributed by atoms with van der Waals surface area (Å²) in [6, 6.07) is 6.24. The molecule has 1 aromatic carbocycles. The van der Waals surface area contributed by atoms with E-state index in [9.17, 15) is 9.59 Å². The molecule has 5 nitrogen and oxygen atoms in total. The summed E-state index contributed by atoms with van der Waals surface area (Å²) in [6.45, 7) is 10.8. The van der Waals surface area contributed by atoms with Gasteiger partial charge in [0.15, 0.2) is 0 Å². The molecule has 1 aromatic rings. The first-order valence-electron chi connectivity index (χ1n) is 12.2. The quantitative estimate of drug-likeness (QED) is 0.683. The fourth-order valence-electron chi connectivity index (χ4n) is 5.48. The number of hydrogen-bond donors (Lipinski definition) is 0. The number of benzene rings is 1. The lowest BCUT2D eigenvalue weighted by Crippen LogP contribution is -2.48. The van der Waals surface area contributed by atoms with Gasteiger partial charge in [0, 0.05) is 32.2 Å². The largest absolute Gasteiger partial charge is 0.364 e. The zero-order valence-electron chi connectivity index (χ0n) is 19.5. The molecule has 5 heteroatoms. The molecule has 1 saturated heterocycles. The minimum absolute atomic E-state index is 0.0375. The molecule has 0 spiro atoms. The number of piperazine rings is 1. The van der Waals surface area contributed by atoms with E-state index >= 15 is 0 Å². The Morgan fingerprint density at radius 1 is 0.871 bits per heavy atom. The molecule has 3 aliphatic rings. The Hall–Kier alpha value is -2.14. The van der Waals surface area contributed by atoms with E-state index in [0.29, 0.717) is 11.3 Å². The fraction of sp³-hybridized carbons (Fsp3) is 0.615. The molecule has 2 aliphatic heterocycles. The van der Waals surface area contributed by atoms with Crippen molar-refractivity contribution >= 4 is 17.4 Å². The molecule has 31 heavy (non-hydrogen) atoms. The third-order valence-electron chi connectivity index (χ3n) is 7.32. The average molecular weight is 424 g/mol. The van der Waals surface area contributed by atoms with Crippen molar-refractivity contribution in [3.8, 4) is 0 Å². The summed E-state index contributed by atoms with van der Waals surface area (Å²) < 4.78 is 0. The van der Waals surface area contributed by atoms with Gasteiger partial charge in [-0.3, -0.25) is 14.5 Å². The highest BCUT2D eigenvalue weighted by atomic mass is 16.2. The maximum Gasteiger partial charge on any atom is 0.278 e. The molecule has 168 valence electrons. The number of rotatable bonds is 4. The minimum Gasteiger partial charge on any atom is -0.364 e. The lowest BCUT2D eigenvalue weighted by molar-refractivity contribution is -0.140. The van der Waals surface area contributed by atoms with Gasteiger partial charge in [-0.15, -0.1) is 0 Å². The van der Waals surface area contributed by atoms with E-state index in [4.69, 9.17) is 0 Å². The molecule has 0 radical (unpaired) electrons. The summed E-state index contributed by atoms with van der Waals surface area (Å²) >= 11 is 0. The summed E-state index contributed by atoms with van der Waals surface area (Å²) in [4.78, 5) is 33.9. The minimum atomic E-state index is -0.0737. The molecule has 0 aromatic heterocycles. The Bertz CT molecular complexity index is 859. The second-order valence-electron chi connectivity index (χ2n) is 9.44. The van der Waals surface area contributed by atoms with Crippen LogP contribution >= 0.6 is 0 Å². The highest BCUT2D eigenvalue weighted by Crippen LogP contribution is 2.37. The second-order valence-corrected chi connectivity index (χ2v) is 9.44. The Morgan fingerprint density at radius 2 is 1.52 bits per heavy atom. The van der Waals surface area contributed by atoms with Crippen LogP contribution in [0.15, 0.2) is 23.9 Å². The van der Waals surface area contributed by atoms with Gasteiger partial charge in [-0.05, 0) is 44.4 Å². The highest BCUT2D eigenvalue weighted by Gasteiger charge is 2.45. The smallest absolute Gasteiger partial charge is 0.278 e. The number of nitrogens with zero attached hydrogens (tertiary/aromatic N) is 3. The van der Waals surface area contributed by atoms with Crippen LogP contribution in [0, 0.1) is 13.8 Å². The van der Waals surface area contributed by atoms with E-state index in [1.807, 2.05) is 6.07 Å². The number of carbonyl (C=O) groups is 2. The number of amides is 2. The van der Waals surface area contributed by atoms with Crippen LogP contribution in [0.4, 0.5) is 0 Å². The number of aryl methyl sites for hydroxylation is 2. The van der Waals surface area contributed by atoms with Gasteiger partial charge in [0.2, 0.25) is 0 Å². The first-order chi connectivity index (χ1) is 15.0. The van der Waals surface area contributed by atoms with Crippen molar-refractivity contribution in [1.29, 1.82) is 0 Å². The van der Waals surface area contributed by atoms with Crippen molar-refractivity contribution in [2.24, 2.45) is 0 Å². The first kappa shape index (κ1) is 22.1. The molecule has 1 aliphatic carbocycles. The van der Waals surface area contributed by atoms with Gasteiger partial charge in [-0.1, -0.05) is 62.8 Å². The molecule has 4 rings (SSSR count). The van der Waals surface area contributed by atoms with Crippen LogP contribution < -0.4 is 0 Å². The zero-order chi connectivity index (χ0) is 22.0. The summed E-state index contributed by atoms with van der Waals surface area (Å²) in [5.41, 5.74) is 4.45. The number of carbonyl (C=O) groups excluding carboxylic acids is 2. The number of hydrogen-bond acceptors (Lipinski definition) is 4. The van der Waals surface area contributed by atoms with Gasteiger partial charge >= 0.3 is 0 Å². The molecule has 2 fully saturated rings. The third-order valence-corrected chi connectivity index (χ3v) is 7.32. The predicted octanol–water partition coefficient (Wildman–Crippen LogP) is 4.13. The van der Waals surface area contributed by atoms with Crippen LogP contribution in [0.5, 0.6) is 0 Å². The molecule has 1 saturated carbocycles. The molecule has 0 unspecified atom stereocenters. The van der Waals surface area contributed by atoms with E-state index in [0.717, 1.165) is 69.5 Å². The van der Waals surface area contributed by atoms with Crippen molar-refractivity contribution in [1.82, 2.24) is 14.7 Å². The van der Waals surface area contributed by atoms with Crippen LogP contribution in [0.2, 0.25) is 0 Å². The third kappa shape index (κ3) is 4.43. The molecular weight excluding hydrogens is 386 g/mol. The lowest BCUT2D eigenvalue weighted by atomic mass is 9.95. The fourth-order valence-corrected chi connectivity index (χ4v) is 5.48. The summed E-state index contributed by atoms with van der Waals surface area (Å²) in [5, 5.41) is 0. The van der Waals surface area contributed by atoms with E-state index in [2.05, 4.69) is 42.7 Å². The van der Waals surface area contributed by atoms with Crippen molar-refractivity contribution in [3.63, 3.8) is 0 Å². The van der Waals surface area contributed by atoms with Crippen LogP contribution in [0.3, 0.4) is 0 Å². The maximum atomic E-state index is 13.8. The number of imide groups is 1. The molecule has 2 heterocycles. The van der Waals surface area contributed by atoms with Gasteiger partial charge in [0.05, 0.1) is 5.57 Å². The normalized spacial score (nSPS) is 22.3. The van der Waals surface area contributed by atoms with Gasteiger partial charge in [0.1, 0.15) is 5.70 Å². The van der Waals surface area contributed by atoms with Crippen LogP contribution in [0.1, 0.15) is 68.6 Å². The van der Waals surface area contributed by atoms with E-state index in [1.165, 1.54) is 24.8 Å². The number of likely N-dealkylation sites (N-methyl/N-ethyl adjacent to an activating group) is 1. The summed E-state index contributed by atoms with van der Waals surface area (Å²) in [7, 11) is 0. The summed E-state index contributed by atoms with van der Waals surface area (Å²) in [6.07, 6.45) is 7.76. The Morgan fingerprint density at radius 3 is 2.13 bits per heavy atom. The van der Waals surface area contributed by atoms with Gasteiger partial charge in [-0.2, -0.15) is 0 Å². The molecule has 0 N–H and O–H groups in total. The maximum absolute atomic E-state index is 13.8. The van der Waals surface area contributed by atoms with Crippen molar-refractivity contribution in [2.75, 3.05) is 32.7 Å². The Balaban J connectivity index is 1.72. The molecular formula is C26H37N3O2. The average Bonchev–Trinajstić information content (AvgIpc) is 2.98. The summed E-state index contributed by atoms with van der Waals surface area (Å²) in [5.74, 6) is -0.133. The molecule has 0 atom stereocenters. The van der Waals surface area contributed by atoms with Crippen molar-refractivity contribution < 1.29 is 9.59 Å². The van der Waals surface area contributed by atoms with Gasteiger partial charge in [0.25, 0.3) is 11.8 Å². The van der Waals surface area contributed by atoms with Crippen molar-refractivity contribution in [2.45, 2.75) is 71.8 Å². The van der Waals surface area contributed by atoms with E-state index in [1.54, 1.807) is 4.90 Å². The highest BCUT2D eigenvalue weighted by molar-refractivity contribution is 6.36. The zero-order valence-corrected chi connectivity index (χ0v) is 19.5. The SMILES string of the molecule is CCN1CCN(C2=C(c3ccc(C)cc3C)C(=O)N(C3CCCCCCC3)C2=O)CC1. The second kappa shape index (κ2) is 9.56. The van der Waals surface area contributed by atoms with Crippen LogP contribution in [-0.4, -0.2) is 65.3 Å². The van der Waals surface area contributed by atoms with E-state index in [-0.39, 0.29) is 17.9 Å². The topological polar surface area (TPSA) is 43.9 Å². The Kier molecular flexibility index (Phi) is 6.80. The van der Waals surface area contributed by atoms with Gasteiger partial charge < -0.3 is 9.80 Å². The first-order valence-corrected chi connectivity index (χ1v) is 12.2.